The fourth-order valence-electron chi connectivity index (χ4n) is 8.84. The lowest BCUT2D eigenvalue weighted by atomic mass is 9.96. The fourth-order valence-corrected chi connectivity index (χ4v) is 8.84. The summed E-state index contributed by atoms with van der Waals surface area (Å²) in [7, 11) is 0. The normalized spacial score (nSPS) is 11.4. The van der Waals surface area contributed by atoms with Crippen LogP contribution in [0.15, 0.2) is 231 Å². The lowest BCUT2D eigenvalue weighted by molar-refractivity contribution is 1.20. The van der Waals surface area contributed by atoms with E-state index in [9.17, 15) is 0 Å². The molecule has 0 fully saturated rings. The van der Waals surface area contributed by atoms with Gasteiger partial charge in [0, 0.05) is 33.1 Å². The molecule has 1 heterocycles. The van der Waals surface area contributed by atoms with Crippen molar-refractivity contribution in [2.45, 2.75) is 0 Å². The predicted molar refractivity (Wildman–Crippen MR) is 247 cm³/mol. The van der Waals surface area contributed by atoms with Crippen LogP contribution in [0.2, 0.25) is 0 Å². The van der Waals surface area contributed by atoms with Gasteiger partial charge in [0.1, 0.15) is 0 Å². The molecule has 1 aromatic heterocycles. The van der Waals surface area contributed by atoms with E-state index in [2.05, 4.69) is 240 Å². The molecule has 0 spiro atoms. The molecule has 2 nitrogen and oxygen atoms in total. The molecule has 0 saturated carbocycles. The van der Waals surface area contributed by atoms with E-state index in [0.29, 0.717) is 0 Å². The number of hydrogen-bond acceptors (Lipinski definition) is 1. The van der Waals surface area contributed by atoms with Crippen molar-refractivity contribution in [3.8, 4) is 39.1 Å². The zero-order chi connectivity index (χ0) is 38.4. The molecule has 0 N–H and O–H groups in total. The maximum atomic E-state index is 2.45. The second kappa shape index (κ2) is 14.1. The number of nitrogens with zero attached hydrogens (tertiary/aromatic N) is 2. The summed E-state index contributed by atoms with van der Waals surface area (Å²) >= 11 is 0. The van der Waals surface area contributed by atoms with Gasteiger partial charge in [-0.15, -0.1) is 0 Å². The lowest BCUT2D eigenvalue weighted by Crippen LogP contribution is -2.11. The van der Waals surface area contributed by atoms with Gasteiger partial charge < -0.3 is 9.47 Å². The van der Waals surface area contributed by atoms with Gasteiger partial charge in [-0.05, 0) is 98.6 Å². The van der Waals surface area contributed by atoms with Gasteiger partial charge in [-0.25, -0.2) is 0 Å². The van der Waals surface area contributed by atoms with E-state index < -0.39 is 0 Å². The van der Waals surface area contributed by atoms with Crippen LogP contribution in [0.3, 0.4) is 0 Å². The Kier molecular flexibility index (Phi) is 8.19. The minimum Gasteiger partial charge on any atom is -0.310 e. The van der Waals surface area contributed by atoms with Crippen LogP contribution >= 0.6 is 0 Å². The summed E-state index contributed by atoms with van der Waals surface area (Å²) in [5.41, 5.74) is 14.0. The number of fused-ring (bicyclic) bond motifs is 5. The molecule has 10 aromatic carbocycles. The van der Waals surface area contributed by atoms with Crippen LogP contribution in [0.5, 0.6) is 0 Å². The minimum absolute atomic E-state index is 1.09. The van der Waals surface area contributed by atoms with E-state index in [1.807, 2.05) is 0 Å². The number of aromatic nitrogens is 1. The summed E-state index contributed by atoms with van der Waals surface area (Å²) in [5, 5.41) is 7.43. The van der Waals surface area contributed by atoms with Crippen molar-refractivity contribution in [3.63, 3.8) is 0 Å². The van der Waals surface area contributed by atoms with E-state index in [1.54, 1.807) is 0 Å². The van der Waals surface area contributed by atoms with Crippen LogP contribution in [0.25, 0.3) is 82.4 Å². The van der Waals surface area contributed by atoms with Crippen molar-refractivity contribution in [3.05, 3.63) is 231 Å². The van der Waals surface area contributed by atoms with Gasteiger partial charge in [-0.1, -0.05) is 176 Å². The summed E-state index contributed by atoms with van der Waals surface area (Å²) in [4.78, 5) is 2.41. The van der Waals surface area contributed by atoms with Gasteiger partial charge in [0.25, 0.3) is 0 Å². The zero-order valence-electron chi connectivity index (χ0n) is 31.8. The van der Waals surface area contributed by atoms with Crippen LogP contribution in [0, 0.1) is 0 Å². The molecule has 0 bridgehead atoms. The van der Waals surface area contributed by atoms with Crippen LogP contribution in [-0.4, -0.2) is 4.57 Å². The quantitative estimate of drug-likeness (QED) is 0.158. The summed E-state index contributed by atoms with van der Waals surface area (Å²) in [6.45, 7) is 0. The Morgan fingerprint density at radius 3 is 1.64 bits per heavy atom. The van der Waals surface area contributed by atoms with Crippen molar-refractivity contribution >= 4 is 60.4 Å². The van der Waals surface area contributed by atoms with E-state index in [-0.39, 0.29) is 0 Å². The molecule has 2 heteroatoms. The van der Waals surface area contributed by atoms with Crippen molar-refractivity contribution < 1.29 is 0 Å². The van der Waals surface area contributed by atoms with Crippen LogP contribution in [0.4, 0.5) is 17.1 Å². The largest absolute Gasteiger partial charge is 0.310 e. The Balaban J connectivity index is 1.10. The molecule has 272 valence electrons. The number of hydrogen-bond donors (Lipinski definition) is 0. The molecule has 58 heavy (non-hydrogen) atoms. The molecular formula is C56H38N2. The molecule has 0 atom stereocenters. The predicted octanol–water partition coefficient (Wildman–Crippen LogP) is 15.6. The Hall–Kier alpha value is -7.68. The lowest BCUT2D eigenvalue weighted by Gasteiger charge is -2.28. The van der Waals surface area contributed by atoms with Crippen molar-refractivity contribution in [1.82, 2.24) is 4.57 Å². The highest BCUT2D eigenvalue weighted by Gasteiger charge is 2.22. The van der Waals surface area contributed by atoms with Crippen molar-refractivity contribution in [1.29, 1.82) is 0 Å². The number of para-hydroxylation sites is 2. The SMILES string of the molecule is c1ccc(-c2ccc(N(c3ccc(-c4ccc5ccccc5c4)cc3)c3ccccc3-c3cccc4c3c3ccccc3n4-c3cccc4ccccc34)cc2)cc1. The Labute approximate surface area is 338 Å². The highest BCUT2D eigenvalue weighted by molar-refractivity contribution is 6.17. The summed E-state index contributed by atoms with van der Waals surface area (Å²) in [6, 6.07) is 83.7. The number of benzene rings is 10. The van der Waals surface area contributed by atoms with Crippen molar-refractivity contribution in [2.75, 3.05) is 4.90 Å². The molecule has 0 amide bonds. The molecule has 0 aliphatic heterocycles. The molecule has 0 radical (unpaired) electrons. The molecule has 0 saturated heterocycles. The van der Waals surface area contributed by atoms with Gasteiger partial charge in [-0.3, -0.25) is 0 Å². The third-order valence-electron chi connectivity index (χ3n) is 11.6. The zero-order valence-corrected chi connectivity index (χ0v) is 31.8. The third kappa shape index (κ3) is 5.74. The van der Waals surface area contributed by atoms with Gasteiger partial charge in [0.2, 0.25) is 0 Å². The van der Waals surface area contributed by atoms with Gasteiger partial charge >= 0.3 is 0 Å². The monoisotopic (exact) mass is 738 g/mol. The first-order chi connectivity index (χ1) is 28.8. The van der Waals surface area contributed by atoms with Gasteiger partial charge in [0.15, 0.2) is 0 Å². The number of rotatable bonds is 7. The average Bonchev–Trinajstić information content (AvgIpc) is 3.64. The third-order valence-corrected chi connectivity index (χ3v) is 11.6. The van der Waals surface area contributed by atoms with Crippen molar-refractivity contribution in [2.24, 2.45) is 0 Å². The van der Waals surface area contributed by atoms with E-state index in [4.69, 9.17) is 0 Å². The second-order valence-corrected chi connectivity index (χ2v) is 14.9. The molecule has 0 aliphatic rings. The van der Waals surface area contributed by atoms with E-state index in [1.165, 1.54) is 82.4 Å². The standard InChI is InChI=1S/C56H38N2/c1-2-14-39(15-3-1)41-30-34-46(35-31-41)57(47-36-32-42(33-37-47)45-29-28-40-16-4-5-18-44(40)38-45)53-24-10-8-21-49(53)50-23-13-27-55-56(50)51-22-9-11-25-54(51)58(55)52-26-12-19-43-17-6-7-20-48(43)52/h1-38H. The smallest absolute Gasteiger partial charge is 0.0547 e. The first-order valence-corrected chi connectivity index (χ1v) is 19.9. The van der Waals surface area contributed by atoms with Crippen LogP contribution in [-0.2, 0) is 0 Å². The Bertz CT molecular complexity index is 3260. The molecule has 0 aliphatic carbocycles. The summed E-state index contributed by atoms with van der Waals surface area (Å²) in [5.74, 6) is 0. The molecule has 11 aromatic rings. The van der Waals surface area contributed by atoms with E-state index >= 15 is 0 Å². The Morgan fingerprint density at radius 1 is 0.310 bits per heavy atom. The molecular weight excluding hydrogens is 701 g/mol. The van der Waals surface area contributed by atoms with Gasteiger partial charge in [-0.2, -0.15) is 0 Å². The minimum atomic E-state index is 1.09. The number of anilines is 3. The van der Waals surface area contributed by atoms with E-state index in [0.717, 1.165) is 17.1 Å². The first kappa shape index (κ1) is 33.6. The maximum absolute atomic E-state index is 2.45. The molecule has 11 rings (SSSR count). The van der Waals surface area contributed by atoms with Gasteiger partial charge in [0.05, 0.1) is 22.4 Å². The highest BCUT2D eigenvalue weighted by Crippen LogP contribution is 2.46. The summed E-state index contributed by atoms with van der Waals surface area (Å²) < 4.78 is 2.45. The van der Waals surface area contributed by atoms with Crippen LogP contribution < -0.4 is 4.90 Å². The fraction of sp³-hybridized carbons (Fsp3) is 0. The average molecular weight is 739 g/mol. The topological polar surface area (TPSA) is 8.17 Å². The Morgan fingerprint density at radius 2 is 0.845 bits per heavy atom. The summed E-state index contributed by atoms with van der Waals surface area (Å²) in [6.07, 6.45) is 0. The second-order valence-electron chi connectivity index (χ2n) is 14.9. The maximum Gasteiger partial charge on any atom is 0.0547 e. The molecule has 0 unspecified atom stereocenters. The first-order valence-electron chi connectivity index (χ1n) is 19.9. The van der Waals surface area contributed by atoms with Crippen LogP contribution in [0.1, 0.15) is 0 Å². The highest BCUT2D eigenvalue weighted by atomic mass is 15.1.